The number of hydrogen-bond donors (Lipinski definition) is 3. The lowest BCUT2D eigenvalue weighted by Gasteiger charge is -2.23. The first-order valence-electron chi connectivity index (χ1n) is 11.4. The van der Waals surface area contributed by atoms with E-state index in [0.29, 0.717) is 0 Å². The van der Waals surface area contributed by atoms with Gasteiger partial charge < -0.3 is 20.5 Å². The maximum atomic E-state index is 13.8. The van der Waals surface area contributed by atoms with Crippen molar-refractivity contribution < 1.29 is 60.2 Å². The van der Waals surface area contributed by atoms with Crippen LogP contribution in [-0.2, 0) is 24.0 Å². The summed E-state index contributed by atoms with van der Waals surface area (Å²) in [7, 11) is 0. The van der Waals surface area contributed by atoms with E-state index in [-0.39, 0.29) is 6.07 Å². The number of carbonyl (C=O) groups excluding carboxylic acids is 4. The Hall–Kier alpha value is -4.43. The van der Waals surface area contributed by atoms with Crippen molar-refractivity contribution >= 4 is 35.0 Å². The quantitative estimate of drug-likeness (QED) is 0.189. The van der Waals surface area contributed by atoms with Crippen LogP contribution in [0.1, 0.15) is 26.7 Å². The molecule has 0 saturated heterocycles. The smallest absolute Gasteiger partial charge is 0.305 e. The van der Waals surface area contributed by atoms with Gasteiger partial charge in [0.15, 0.2) is 23.2 Å². The first kappa shape index (κ1) is 31.8. The summed E-state index contributed by atoms with van der Waals surface area (Å²) >= 11 is 0. The summed E-state index contributed by atoms with van der Waals surface area (Å²) < 4.78 is 86.4. The summed E-state index contributed by atoms with van der Waals surface area (Å²) in [5.41, 5.74) is -0.899. The van der Waals surface area contributed by atoms with E-state index in [1.165, 1.54) is 13.8 Å². The number of ether oxygens (including phenoxy) is 1. The topological polar surface area (TPSA) is 139 Å². The lowest BCUT2D eigenvalue weighted by atomic mass is 9.89. The first-order chi connectivity index (χ1) is 18.6. The van der Waals surface area contributed by atoms with Crippen molar-refractivity contribution in [3.05, 3.63) is 59.2 Å². The minimum absolute atomic E-state index is 0.104. The predicted molar refractivity (Wildman–Crippen MR) is 124 cm³/mol. The highest BCUT2D eigenvalue weighted by Crippen LogP contribution is 2.26. The highest BCUT2D eigenvalue weighted by molar-refractivity contribution is 6.40. The molecule has 0 aliphatic carbocycles. The lowest BCUT2D eigenvalue weighted by Crippen LogP contribution is -2.48. The number of rotatable bonds is 13. The van der Waals surface area contributed by atoms with Crippen molar-refractivity contribution in [2.24, 2.45) is 11.8 Å². The third-order valence-electron chi connectivity index (χ3n) is 5.52. The second kappa shape index (κ2) is 13.6. The molecule has 0 spiro atoms. The maximum absolute atomic E-state index is 13.8. The molecule has 2 atom stereocenters. The summed E-state index contributed by atoms with van der Waals surface area (Å²) in [5.74, 6) is -20.3. The zero-order valence-electron chi connectivity index (χ0n) is 20.8. The van der Waals surface area contributed by atoms with Crippen LogP contribution >= 0.6 is 0 Å². The molecule has 0 fully saturated rings. The molecule has 2 rings (SSSR count). The molecule has 9 nitrogen and oxygen atoms in total. The molecule has 2 amide bonds. The highest BCUT2D eigenvalue weighted by Gasteiger charge is 2.33. The van der Waals surface area contributed by atoms with Gasteiger partial charge in [-0.2, -0.15) is 8.78 Å². The Labute approximate surface area is 222 Å². The second-order valence-corrected chi connectivity index (χ2v) is 8.74. The fraction of sp³-hybridized carbons (Fsp3) is 0.320. The molecule has 0 bridgehead atoms. The number of ketones is 2. The normalized spacial score (nSPS) is 12.4. The van der Waals surface area contributed by atoms with Gasteiger partial charge in [-0.15, -0.1) is 0 Å². The number of para-hydroxylation sites is 1. The zero-order chi connectivity index (χ0) is 30.3. The average molecular weight is 576 g/mol. The molecule has 0 aliphatic rings. The van der Waals surface area contributed by atoms with E-state index in [1.807, 2.05) is 5.32 Å². The van der Waals surface area contributed by atoms with Gasteiger partial charge in [0.05, 0.1) is 6.42 Å². The van der Waals surface area contributed by atoms with Crippen molar-refractivity contribution in [2.45, 2.75) is 32.7 Å². The Balaban J connectivity index is 2.15. The van der Waals surface area contributed by atoms with Crippen molar-refractivity contribution in [2.75, 3.05) is 11.9 Å². The van der Waals surface area contributed by atoms with Crippen LogP contribution in [0.15, 0.2) is 24.3 Å². The van der Waals surface area contributed by atoms with E-state index in [4.69, 9.17) is 5.11 Å². The molecule has 0 radical (unpaired) electrons. The largest absolute Gasteiger partial charge is 0.481 e. The highest BCUT2D eigenvalue weighted by atomic mass is 19.2. The summed E-state index contributed by atoms with van der Waals surface area (Å²) in [6.45, 7) is 1.55. The van der Waals surface area contributed by atoms with E-state index >= 15 is 0 Å². The molecule has 2 aromatic rings. The van der Waals surface area contributed by atoms with E-state index in [0.717, 1.165) is 18.2 Å². The van der Waals surface area contributed by atoms with Crippen LogP contribution in [0, 0.1) is 46.7 Å². The number of carbonyl (C=O) groups is 5. The SMILES string of the molecule is CC(C)[C@H](CC(=O)C(=O)Nc1c(F)cccc1F)C(=O)N[C@@H](CC(=O)O)C(=O)COc1c(F)c(F)cc(F)c1F. The van der Waals surface area contributed by atoms with Gasteiger partial charge in [-0.1, -0.05) is 19.9 Å². The number of hydrogen-bond acceptors (Lipinski definition) is 6. The fourth-order valence-electron chi connectivity index (χ4n) is 3.34. The van der Waals surface area contributed by atoms with Crippen molar-refractivity contribution in [1.82, 2.24) is 5.32 Å². The van der Waals surface area contributed by atoms with Gasteiger partial charge in [0.2, 0.25) is 23.3 Å². The Morgan fingerprint density at radius 1 is 0.875 bits per heavy atom. The summed E-state index contributed by atoms with van der Waals surface area (Å²) in [6, 6.07) is 0.666. The van der Waals surface area contributed by atoms with Gasteiger partial charge in [0.25, 0.3) is 5.91 Å². The molecule has 0 unspecified atom stereocenters. The number of anilines is 1. The molecule has 2 aromatic carbocycles. The van der Waals surface area contributed by atoms with Crippen LogP contribution in [0.2, 0.25) is 0 Å². The van der Waals surface area contributed by atoms with Crippen LogP contribution in [0.5, 0.6) is 5.75 Å². The molecular weight excluding hydrogens is 554 g/mol. The number of Topliss-reactive ketones (excluding diaryl/α,β-unsaturated/α-hetero) is 2. The molecule has 0 saturated carbocycles. The number of carboxylic acids is 1. The van der Waals surface area contributed by atoms with Crippen LogP contribution in [-0.4, -0.2) is 47.1 Å². The number of aliphatic carboxylic acids is 1. The van der Waals surface area contributed by atoms with Gasteiger partial charge in [-0.25, -0.2) is 17.6 Å². The molecule has 15 heteroatoms. The molecule has 0 heterocycles. The van der Waals surface area contributed by atoms with Crippen LogP contribution in [0.3, 0.4) is 0 Å². The standard InChI is InChI=1S/C25H22F6N2O7/c1-10(2)11(6-17(34)25(39)33-22-12(26)4-3-5-13(22)27)24(38)32-16(8-19(36)37)18(35)9-40-23-20(30)14(28)7-15(29)21(23)31/h3-5,7,10-11,16H,6,8-9H2,1-2H3,(H,32,38)(H,33,39)(H,36,37)/t11-,16-/m0/s1. The zero-order valence-corrected chi connectivity index (χ0v) is 20.8. The predicted octanol–water partition coefficient (Wildman–Crippen LogP) is 3.30. The molecule has 0 aromatic heterocycles. The molecular formula is C25H22F6N2O7. The third kappa shape index (κ3) is 8.04. The Kier molecular flexibility index (Phi) is 10.8. The van der Waals surface area contributed by atoms with E-state index in [1.54, 1.807) is 5.32 Å². The maximum Gasteiger partial charge on any atom is 0.305 e. The summed E-state index contributed by atoms with van der Waals surface area (Å²) in [6.07, 6.45) is -1.89. The van der Waals surface area contributed by atoms with Crippen LogP contribution < -0.4 is 15.4 Å². The van der Waals surface area contributed by atoms with Gasteiger partial charge >= 0.3 is 5.97 Å². The summed E-state index contributed by atoms with van der Waals surface area (Å²) in [5, 5.41) is 12.9. The van der Waals surface area contributed by atoms with Crippen molar-refractivity contribution in [3.8, 4) is 5.75 Å². The lowest BCUT2D eigenvalue weighted by molar-refractivity contribution is -0.141. The monoisotopic (exact) mass is 576 g/mol. The van der Waals surface area contributed by atoms with Gasteiger partial charge in [-0.05, 0) is 18.1 Å². The Morgan fingerprint density at radius 3 is 1.93 bits per heavy atom. The minimum atomic E-state index is -1.96. The first-order valence-corrected chi connectivity index (χ1v) is 11.4. The summed E-state index contributed by atoms with van der Waals surface area (Å²) in [4.78, 5) is 61.2. The number of carboxylic acid groups (broad SMARTS) is 1. The molecule has 40 heavy (non-hydrogen) atoms. The van der Waals surface area contributed by atoms with Crippen LogP contribution in [0.25, 0.3) is 0 Å². The number of amides is 2. The van der Waals surface area contributed by atoms with Gasteiger partial charge in [-0.3, -0.25) is 24.0 Å². The van der Waals surface area contributed by atoms with Crippen molar-refractivity contribution in [1.29, 1.82) is 0 Å². The Bertz CT molecular complexity index is 1290. The van der Waals surface area contributed by atoms with E-state index in [9.17, 15) is 50.3 Å². The number of nitrogens with one attached hydrogen (secondary N) is 2. The number of halogens is 6. The molecule has 216 valence electrons. The molecule has 3 N–H and O–H groups in total. The van der Waals surface area contributed by atoms with E-state index < -0.39 is 113 Å². The van der Waals surface area contributed by atoms with Crippen LogP contribution in [0.4, 0.5) is 32.0 Å². The average Bonchev–Trinajstić information content (AvgIpc) is 2.86. The fourth-order valence-corrected chi connectivity index (χ4v) is 3.34. The third-order valence-corrected chi connectivity index (χ3v) is 5.52. The minimum Gasteiger partial charge on any atom is -0.481 e. The Morgan fingerprint density at radius 2 is 1.43 bits per heavy atom. The second-order valence-electron chi connectivity index (χ2n) is 8.74. The van der Waals surface area contributed by atoms with Gasteiger partial charge in [0, 0.05) is 18.4 Å². The van der Waals surface area contributed by atoms with Gasteiger partial charge in [0.1, 0.15) is 30.0 Å². The van der Waals surface area contributed by atoms with Crippen molar-refractivity contribution in [3.63, 3.8) is 0 Å². The number of benzene rings is 2. The molecule has 0 aliphatic heterocycles. The van der Waals surface area contributed by atoms with E-state index in [2.05, 4.69) is 4.74 Å².